The van der Waals surface area contributed by atoms with Crippen LogP contribution in [-0.4, -0.2) is 28.1 Å². The van der Waals surface area contributed by atoms with E-state index in [1.807, 2.05) is 0 Å². The first-order valence-corrected chi connectivity index (χ1v) is 7.22. The Morgan fingerprint density at radius 1 is 1.39 bits per heavy atom. The number of rotatable bonds is 5. The normalized spacial score (nSPS) is 14.7. The average molecular weight is 268 g/mol. The van der Waals surface area contributed by atoms with Gasteiger partial charge in [0.05, 0.1) is 11.5 Å². The summed E-state index contributed by atoms with van der Waals surface area (Å²) in [4.78, 5) is 0.271. The molecule has 0 radical (unpaired) electrons. The molecule has 0 fully saturated rings. The first-order chi connectivity index (χ1) is 8.63. The lowest BCUT2D eigenvalue weighted by Crippen LogP contribution is -2.23. The smallest absolute Gasteiger partial charge is 0.240 e. The number of benzene rings is 1. The Hall–Kier alpha value is -1.37. The maximum Gasteiger partial charge on any atom is 0.240 e. The van der Waals surface area contributed by atoms with Crippen molar-refractivity contribution in [1.29, 1.82) is 0 Å². The molecule has 0 spiro atoms. The molecule has 1 aliphatic rings. The van der Waals surface area contributed by atoms with Gasteiger partial charge < -0.3 is 10.5 Å². The molecule has 0 atom stereocenters. The van der Waals surface area contributed by atoms with Crippen LogP contribution in [0, 0.1) is 0 Å². The molecule has 6 heteroatoms. The summed E-state index contributed by atoms with van der Waals surface area (Å²) in [7, 11) is -3.46. The molecule has 18 heavy (non-hydrogen) atoms. The van der Waals surface area contributed by atoms with Gasteiger partial charge >= 0.3 is 0 Å². The molecule has 2 rings (SSSR count). The van der Waals surface area contributed by atoms with Crippen molar-refractivity contribution in [2.45, 2.75) is 11.3 Å². The van der Waals surface area contributed by atoms with Gasteiger partial charge in [0.25, 0.3) is 0 Å². The summed E-state index contributed by atoms with van der Waals surface area (Å²) in [6.45, 7) is 1.26. The van der Waals surface area contributed by atoms with Crippen LogP contribution >= 0.6 is 0 Å². The van der Waals surface area contributed by atoms with Gasteiger partial charge in [-0.15, -0.1) is 0 Å². The van der Waals surface area contributed by atoms with Gasteiger partial charge in [-0.3, -0.25) is 0 Å². The number of nitrogens with one attached hydrogen (secondary N) is 1. The summed E-state index contributed by atoms with van der Waals surface area (Å²) >= 11 is 0. The predicted molar refractivity (Wildman–Crippen MR) is 69.0 cm³/mol. The first-order valence-electron chi connectivity index (χ1n) is 5.74. The summed E-state index contributed by atoms with van der Waals surface area (Å²) in [5, 5.41) is 0. The van der Waals surface area contributed by atoms with Gasteiger partial charge in [-0.25, -0.2) is 13.1 Å². The van der Waals surface area contributed by atoms with Crippen molar-refractivity contribution in [3.8, 4) is 5.75 Å². The van der Waals surface area contributed by atoms with Crippen molar-refractivity contribution >= 4 is 10.0 Å². The predicted octanol–water partition coefficient (Wildman–Crippen LogP) is 0.415. The molecule has 98 valence electrons. The third-order valence-corrected chi connectivity index (χ3v) is 4.09. The monoisotopic (exact) mass is 268 g/mol. The van der Waals surface area contributed by atoms with E-state index in [-0.39, 0.29) is 11.4 Å². The lowest BCUT2D eigenvalue weighted by Gasteiger charge is -2.06. The fraction of sp³-hybridized carbons (Fsp3) is 0.333. The second kappa shape index (κ2) is 5.51. The minimum atomic E-state index is -3.46. The molecular formula is C12H16N2O3S. The second-order valence-electron chi connectivity index (χ2n) is 3.93. The molecule has 0 amide bonds. The van der Waals surface area contributed by atoms with E-state index >= 15 is 0 Å². The van der Waals surface area contributed by atoms with E-state index in [1.165, 1.54) is 0 Å². The third-order valence-electron chi connectivity index (χ3n) is 2.67. The fourth-order valence-corrected chi connectivity index (χ4v) is 2.78. The zero-order valence-corrected chi connectivity index (χ0v) is 10.7. The number of ether oxygens (including phenoxy) is 1. The van der Waals surface area contributed by atoms with Crippen LogP contribution in [0.2, 0.25) is 0 Å². The van der Waals surface area contributed by atoms with E-state index < -0.39 is 10.0 Å². The maximum atomic E-state index is 12.0. The van der Waals surface area contributed by atoms with Crippen molar-refractivity contribution in [1.82, 2.24) is 4.72 Å². The standard InChI is InChI=1S/C12H16N2O3S/c13-6-1-2-7-14-18(15,16)11-3-4-12-10(9-11)5-8-17-12/h1-4,9,14H,5-8,13H2/b2-1+. The highest BCUT2D eigenvalue weighted by Crippen LogP contribution is 2.27. The highest BCUT2D eigenvalue weighted by atomic mass is 32.2. The molecule has 1 aromatic rings. The number of fused-ring (bicyclic) bond motifs is 1. The molecule has 0 saturated heterocycles. The van der Waals surface area contributed by atoms with Crippen LogP contribution in [-0.2, 0) is 16.4 Å². The molecule has 1 heterocycles. The molecule has 0 bridgehead atoms. The summed E-state index contributed by atoms with van der Waals surface area (Å²) in [6.07, 6.45) is 4.15. The number of hydrogen-bond acceptors (Lipinski definition) is 4. The van der Waals surface area contributed by atoms with Gasteiger partial charge in [-0.2, -0.15) is 0 Å². The van der Waals surface area contributed by atoms with Gasteiger partial charge in [0.2, 0.25) is 10.0 Å². The van der Waals surface area contributed by atoms with Crippen molar-refractivity contribution < 1.29 is 13.2 Å². The quantitative estimate of drug-likeness (QED) is 0.758. The molecular weight excluding hydrogens is 252 g/mol. The lowest BCUT2D eigenvalue weighted by molar-refractivity contribution is 0.356. The Bertz CT molecular complexity index is 552. The van der Waals surface area contributed by atoms with Crippen LogP contribution < -0.4 is 15.2 Å². The minimum Gasteiger partial charge on any atom is -0.493 e. The van der Waals surface area contributed by atoms with E-state index in [1.54, 1.807) is 30.4 Å². The van der Waals surface area contributed by atoms with Gasteiger partial charge in [0, 0.05) is 19.5 Å². The molecule has 0 aliphatic carbocycles. The summed E-state index contributed by atoms with van der Waals surface area (Å²) in [5.41, 5.74) is 6.21. The highest BCUT2D eigenvalue weighted by Gasteiger charge is 2.18. The molecule has 1 aromatic carbocycles. The maximum absolute atomic E-state index is 12.0. The zero-order valence-electron chi connectivity index (χ0n) is 9.93. The molecule has 0 aromatic heterocycles. The Morgan fingerprint density at radius 2 is 2.22 bits per heavy atom. The Balaban J connectivity index is 2.12. The van der Waals surface area contributed by atoms with E-state index in [0.29, 0.717) is 13.2 Å². The van der Waals surface area contributed by atoms with Crippen LogP contribution in [0.4, 0.5) is 0 Å². The van der Waals surface area contributed by atoms with Crippen LogP contribution in [0.1, 0.15) is 5.56 Å². The fourth-order valence-electron chi connectivity index (χ4n) is 1.75. The number of hydrogen-bond donors (Lipinski definition) is 2. The molecule has 0 unspecified atom stereocenters. The van der Waals surface area contributed by atoms with E-state index in [4.69, 9.17) is 10.5 Å². The van der Waals surface area contributed by atoms with Crippen LogP contribution in [0.25, 0.3) is 0 Å². The van der Waals surface area contributed by atoms with Crippen molar-refractivity contribution in [2.75, 3.05) is 19.7 Å². The van der Waals surface area contributed by atoms with Crippen LogP contribution in [0.5, 0.6) is 5.75 Å². The number of nitrogens with two attached hydrogens (primary N) is 1. The highest BCUT2D eigenvalue weighted by molar-refractivity contribution is 7.89. The van der Waals surface area contributed by atoms with E-state index in [9.17, 15) is 8.42 Å². The lowest BCUT2D eigenvalue weighted by atomic mass is 10.2. The van der Waals surface area contributed by atoms with E-state index in [2.05, 4.69) is 4.72 Å². The Kier molecular flexibility index (Phi) is 4.00. The first kappa shape index (κ1) is 13.1. The molecule has 1 aliphatic heterocycles. The summed E-state index contributed by atoms with van der Waals surface area (Å²) in [6, 6.07) is 4.92. The van der Waals surface area contributed by atoms with Gasteiger partial charge in [0.1, 0.15) is 5.75 Å². The van der Waals surface area contributed by atoms with Crippen molar-refractivity contribution in [3.05, 3.63) is 35.9 Å². The van der Waals surface area contributed by atoms with Crippen LogP contribution in [0.3, 0.4) is 0 Å². The number of sulfonamides is 1. The SMILES string of the molecule is NC/C=C/CNS(=O)(=O)c1ccc2c(c1)CCO2. The van der Waals surface area contributed by atoms with Crippen LogP contribution in [0.15, 0.2) is 35.2 Å². The third kappa shape index (κ3) is 2.90. The second-order valence-corrected chi connectivity index (χ2v) is 5.69. The summed E-state index contributed by atoms with van der Waals surface area (Å²) < 4.78 is 31.8. The topological polar surface area (TPSA) is 81.4 Å². The Labute approximate surface area is 107 Å². The zero-order chi connectivity index (χ0) is 13.0. The van der Waals surface area contributed by atoms with E-state index in [0.717, 1.165) is 17.7 Å². The summed E-state index contributed by atoms with van der Waals surface area (Å²) in [5.74, 6) is 0.775. The van der Waals surface area contributed by atoms with Gasteiger partial charge in [-0.1, -0.05) is 12.2 Å². The molecule has 5 nitrogen and oxygen atoms in total. The van der Waals surface area contributed by atoms with Crippen molar-refractivity contribution in [3.63, 3.8) is 0 Å². The minimum absolute atomic E-state index is 0.243. The molecule has 3 N–H and O–H groups in total. The Morgan fingerprint density at radius 3 is 3.00 bits per heavy atom. The van der Waals surface area contributed by atoms with Crippen molar-refractivity contribution in [2.24, 2.45) is 5.73 Å². The molecule has 0 saturated carbocycles. The van der Waals surface area contributed by atoms with Gasteiger partial charge in [-0.05, 0) is 23.8 Å². The largest absolute Gasteiger partial charge is 0.493 e. The van der Waals surface area contributed by atoms with Gasteiger partial charge in [0.15, 0.2) is 0 Å². The average Bonchev–Trinajstić information content (AvgIpc) is 2.82.